The van der Waals surface area contributed by atoms with E-state index in [1.54, 1.807) is 21.0 Å². The van der Waals surface area contributed by atoms with Crippen LogP contribution in [0.4, 0.5) is 0 Å². The van der Waals surface area contributed by atoms with Crippen LogP contribution in [0.2, 0.25) is 0 Å². The third kappa shape index (κ3) is 7.24. The van der Waals surface area contributed by atoms with Gasteiger partial charge in [0.2, 0.25) is 0 Å². The zero-order valence-electron chi connectivity index (χ0n) is 13.4. The Morgan fingerprint density at radius 3 is 2.59 bits per heavy atom. The molecule has 1 N–H and O–H groups in total. The molecule has 0 unspecified atom stereocenters. The largest absolute Gasteiger partial charge is 0.497 e. The first-order chi connectivity index (χ1) is 10.5. The standard InChI is InChI=1S/C17H24O5/c1-4-22-17(19)10-13(2)9-15(18)12-21-11-14-5-7-16(20-3)8-6-14/h5-8,10,15,18H,4,9,11-12H2,1-3H3/b13-10+/t15-/m0/s1. The maximum absolute atomic E-state index is 11.3. The van der Waals surface area contributed by atoms with Crippen LogP contribution < -0.4 is 4.74 Å². The average Bonchev–Trinajstić information content (AvgIpc) is 2.47. The molecule has 22 heavy (non-hydrogen) atoms. The van der Waals surface area contributed by atoms with E-state index in [9.17, 15) is 9.90 Å². The number of benzene rings is 1. The summed E-state index contributed by atoms with van der Waals surface area (Å²) in [6, 6.07) is 7.55. The molecule has 0 aromatic heterocycles. The first-order valence-electron chi connectivity index (χ1n) is 7.27. The molecule has 1 aromatic carbocycles. The lowest BCUT2D eigenvalue weighted by molar-refractivity contribution is -0.137. The molecular formula is C17H24O5. The fraction of sp³-hybridized carbons (Fsp3) is 0.471. The first kappa shape index (κ1) is 18.2. The SMILES string of the molecule is CCOC(=O)/C=C(\C)C[C@H](O)COCc1ccc(OC)cc1. The summed E-state index contributed by atoms with van der Waals surface area (Å²) in [5.74, 6) is 0.412. The van der Waals surface area contributed by atoms with Gasteiger partial charge in [0.25, 0.3) is 0 Å². The molecule has 5 nitrogen and oxygen atoms in total. The van der Waals surface area contributed by atoms with Gasteiger partial charge in [-0.05, 0) is 38.0 Å². The number of carbonyl (C=O) groups is 1. The van der Waals surface area contributed by atoms with Crippen LogP contribution in [-0.4, -0.2) is 37.5 Å². The van der Waals surface area contributed by atoms with Crippen molar-refractivity contribution in [3.8, 4) is 5.75 Å². The molecule has 1 aromatic rings. The van der Waals surface area contributed by atoms with Crippen LogP contribution in [0.5, 0.6) is 5.75 Å². The van der Waals surface area contributed by atoms with Crippen molar-refractivity contribution in [2.24, 2.45) is 0 Å². The van der Waals surface area contributed by atoms with Gasteiger partial charge in [0.1, 0.15) is 5.75 Å². The predicted molar refractivity (Wildman–Crippen MR) is 83.7 cm³/mol. The van der Waals surface area contributed by atoms with E-state index in [0.29, 0.717) is 19.6 Å². The molecule has 0 amide bonds. The van der Waals surface area contributed by atoms with Gasteiger partial charge in [-0.25, -0.2) is 4.79 Å². The highest BCUT2D eigenvalue weighted by molar-refractivity contribution is 5.82. The molecule has 0 fully saturated rings. The molecule has 0 aliphatic heterocycles. The Balaban J connectivity index is 2.30. The third-order valence-electron chi connectivity index (χ3n) is 2.95. The minimum atomic E-state index is -0.649. The van der Waals surface area contributed by atoms with E-state index in [1.807, 2.05) is 24.3 Å². The molecule has 0 spiro atoms. The molecule has 0 heterocycles. The van der Waals surface area contributed by atoms with Gasteiger partial charge in [-0.15, -0.1) is 0 Å². The Kier molecular flexibility index (Phi) is 8.25. The maximum Gasteiger partial charge on any atom is 0.330 e. The van der Waals surface area contributed by atoms with Gasteiger partial charge in [0.05, 0.1) is 33.0 Å². The summed E-state index contributed by atoms with van der Waals surface area (Å²) >= 11 is 0. The van der Waals surface area contributed by atoms with Crippen LogP contribution in [0.1, 0.15) is 25.8 Å². The number of aliphatic hydroxyl groups is 1. The zero-order chi connectivity index (χ0) is 16.4. The molecule has 0 saturated heterocycles. The van der Waals surface area contributed by atoms with Crippen molar-refractivity contribution in [2.45, 2.75) is 33.0 Å². The van der Waals surface area contributed by atoms with Gasteiger partial charge in [0, 0.05) is 6.08 Å². The molecule has 0 aliphatic carbocycles. The highest BCUT2D eigenvalue weighted by atomic mass is 16.5. The van der Waals surface area contributed by atoms with Gasteiger partial charge in [-0.1, -0.05) is 17.7 Å². The fourth-order valence-electron chi connectivity index (χ4n) is 1.91. The Morgan fingerprint density at radius 2 is 2.00 bits per heavy atom. The number of methoxy groups -OCH3 is 1. The van der Waals surface area contributed by atoms with Crippen molar-refractivity contribution in [1.82, 2.24) is 0 Å². The Labute approximate surface area is 131 Å². The summed E-state index contributed by atoms with van der Waals surface area (Å²) in [5.41, 5.74) is 1.77. The van der Waals surface area contributed by atoms with Gasteiger partial charge >= 0.3 is 5.97 Å². The Bertz CT molecular complexity index is 478. The van der Waals surface area contributed by atoms with E-state index in [1.165, 1.54) is 6.08 Å². The third-order valence-corrected chi connectivity index (χ3v) is 2.95. The highest BCUT2D eigenvalue weighted by Crippen LogP contribution is 2.12. The van der Waals surface area contributed by atoms with E-state index < -0.39 is 6.10 Å². The molecule has 0 aliphatic rings. The van der Waals surface area contributed by atoms with Crippen LogP contribution in [-0.2, 0) is 20.9 Å². The molecule has 1 rings (SSSR count). The second-order valence-electron chi connectivity index (χ2n) is 4.96. The van der Waals surface area contributed by atoms with Crippen LogP contribution in [0.15, 0.2) is 35.9 Å². The van der Waals surface area contributed by atoms with E-state index in [2.05, 4.69) is 0 Å². The summed E-state index contributed by atoms with van der Waals surface area (Å²) < 4.78 is 15.4. The highest BCUT2D eigenvalue weighted by Gasteiger charge is 2.07. The number of ether oxygens (including phenoxy) is 3. The van der Waals surface area contributed by atoms with Crippen molar-refractivity contribution < 1.29 is 24.1 Å². The molecular weight excluding hydrogens is 284 g/mol. The molecule has 5 heteroatoms. The lowest BCUT2D eigenvalue weighted by Crippen LogP contribution is -2.16. The van der Waals surface area contributed by atoms with Crippen molar-refractivity contribution in [3.05, 3.63) is 41.5 Å². The lowest BCUT2D eigenvalue weighted by atomic mass is 10.1. The second kappa shape index (κ2) is 9.97. The quantitative estimate of drug-likeness (QED) is 0.561. The fourth-order valence-corrected chi connectivity index (χ4v) is 1.91. The minimum absolute atomic E-state index is 0.208. The Morgan fingerprint density at radius 1 is 1.32 bits per heavy atom. The van der Waals surface area contributed by atoms with E-state index in [0.717, 1.165) is 16.9 Å². The number of aliphatic hydroxyl groups excluding tert-OH is 1. The van der Waals surface area contributed by atoms with Gasteiger partial charge in [-0.3, -0.25) is 0 Å². The van der Waals surface area contributed by atoms with Crippen LogP contribution >= 0.6 is 0 Å². The van der Waals surface area contributed by atoms with Crippen LogP contribution in [0, 0.1) is 0 Å². The van der Waals surface area contributed by atoms with Crippen molar-refractivity contribution in [3.63, 3.8) is 0 Å². The summed E-state index contributed by atoms with van der Waals surface area (Å²) in [6.45, 7) is 4.50. The predicted octanol–water partition coefficient (Wildman–Crippen LogP) is 2.47. The zero-order valence-corrected chi connectivity index (χ0v) is 13.4. The number of esters is 1. The average molecular weight is 308 g/mol. The van der Waals surface area contributed by atoms with Gasteiger partial charge in [0.15, 0.2) is 0 Å². The molecule has 0 saturated carbocycles. The second-order valence-corrected chi connectivity index (χ2v) is 4.96. The topological polar surface area (TPSA) is 65.0 Å². The van der Waals surface area contributed by atoms with Crippen molar-refractivity contribution >= 4 is 5.97 Å². The molecule has 1 atom stereocenters. The molecule has 122 valence electrons. The smallest absolute Gasteiger partial charge is 0.330 e. The van der Waals surface area contributed by atoms with Crippen LogP contribution in [0.3, 0.4) is 0 Å². The molecule has 0 bridgehead atoms. The summed E-state index contributed by atoms with van der Waals surface area (Å²) in [6.07, 6.45) is 1.13. The van der Waals surface area contributed by atoms with Gasteiger partial charge in [-0.2, -0.15) is 0 Å². The number of rotatable bonds is 9. The van der Waals surface area contributed by atoms with Crippen molar-refractivity contribution in [1.29, 1.82) is 0 Å². The van der Waals surface area contributed by atoms with Crippen LogP contribution in [0.25, 0.3) is 0 Å². The summed E-state index contributed by atoms with van der Waals surface area (Å²) in [5, 5.41) is 9.88. The number of hydrogen-bond donors (Lipinski definition) is 1. The van der Waals surface area contributed by atoms with Crippen molar-refractivity contribution in [2.75, 3.05) is 20.3 Å². The maximum atomic E-state index is 11.3. The summed E-state index contributed by atoms with van der Waals surface area (Å²) in [4.78, 5) is 11.3. The normalized spacial score (nSPS) is 12.8. The number of carbonyl (C=O) groups excluding carboxylic acids is 1. The summed E-state index contributed by atoms with van der Waals surface area (Å²) in [7, 11) is 1.62. The monoisotopic (exact) mass is 308 g/mol. The Hall–Kier alpha value is -1.85. The minimum Gasteiger partial charge on any atom is -0.497 e. The van der Waals surface area contributed by atoms with E-state index in [-0.39, 0.29) is 12.6 Å². The first-order valence-corrected chi connectivity index (χ1v) is 7.27. The van der Waals surface area contributed by atoms with Gasteiger partial charge < -0.3 is 19.3 Å². The number of hydrogen-bond acceptors (Lipinski definition) is 5. The molecule has 0 radical (unpaired) electrons. The van der Waals surface area contributed by atoms with E-state index >= 15 is 0 Å². The lowest BCUT2D eigenvalue weighted by Gasteiger charge is -2.12. The van der Waals surface area contributed by atoms with E-state index in [4.69, 9.17) is 14.2 Å².